The second kappa shape index (κ2) is 7.53. The zero-order chi connectivity index (χ0) is 15.3. The van der Waals surface area contributed by atoms with E-state index in [1.165, 1.54) is 28.1 Å². The van der Waals surface area contributed by atoms with Gasteiger partial charge in [-0.1, -0.05) is 0 Å². The van der Waals surface area contributed by atoms with Crippen molar-refractivity contribution in [2.75, 3.05) is 20.8 Å². The number of aliphatic hydroxyl groups excluding tert-OH is 1. The Morgan fingerprint density at radius 1 is 1.05 bits per heavy atom. The Hall–Kier alpha value is -1.22. The summed E-state index contributed by atoms with van der Waals surface area (Å²) in [6, 6.07) is 0. The first-order chi connectivity index (χ1) is 9.40. The minimum atomic E-state index is -1.39. The molecule has 1 rings (SSSR count). The number of carbonyl (C=O) groups excluding carboxylic acids is 2. The van der Waals surface area contributed by atoms with E-state index in [1.807, 2.05) is 0 Å². The molecule has 0 bridgehead atoms. The van der Waals surface area contributed by atoms with E-state index in [-0.39, 0.29) is 6.61 Å². The third-order valence-electron chi connectivity index (χ3n) is 2.91. The third-order valence-corrected chi connectivity index (χ3v) is 2.91. The fourth-order valence-corrected chi connectivity index (χ4v) is 2.10. The van der Waals surface area contributed by atoms with Crippen molar-refractivity contribution < 1.29 is 38.4 Å². The van der Waals surface area contributed by atoms with E-state index in [0.717, 1.165) is 0 Å². The molecule has 0 saturated carbocycles. The number of aliphatic hydroxyl groups is 1. The number of carbonyl (C=O) groups is 2. The summed E-state index contributed by atoms with van der Waals surface area (Å²) in [5, 5.41) is 9.89. The fraction of sp³-hybridized carbons (Fsp3) is 0.833. The molecular formula is C12H20O8. The normalized spacial score (nSPS) is 33.5. The number of ether oxygens (including phenoxy) is 5. The van der Waals surface area contributed by atoms with Crippen LogP contribution in [-0.2, 0) is 33.3 Å². The second-order valence-corrected chi connectivity index (χ2v) is 4.34. The number of hydrogen-bond donors (Lipinski definition) is 1. The molecule has 1 heterocycles. The predicted octanol–water partition coefficient (Wildman–Crippen LogP) is -0.772. The maximum Gasteiger partial charge on any atom is 0.303 e. The predicted molar refractivity (Wildman–Crippen MR) is 64.7 cm³/mol. The van der Waals surface area contributed by atoms with E-state index < -0.39 is 42.6 Å². The Morgan fingerprint density at radius 3 is 2.10 bits per heavy atom. The summed E-state index contributed by atoms with van der Waals surface area (Å²) in [6.45, 7) is 2.38. The molecule has 1 N–H and O–H groups in total. The molecule has 0 aromatic carbocycles. The molecule has 8 nitrogen and oxygen atoms in total. The molecule has 0 radical (unpaired) electrons. The first kappa shape index (κ1) is 16.8. The van der Waals surface area contributed by atoms with E-state index in [1.54, 1.807) is 0 Å². The first-order valence-corrected chi connectivity index (χ1v) is 6.10. The van der Waals surface area contributed by atoms with Crippen molar-refractivity contribution in [2.45, 2.75) is 44.6 Å². The van der Waals surface area contributed by atoms with Gasteiger partial charge in [-0.25, -0.2) is 0 Å². The molecule has 0 spiro atoms. The molecule has 0 amide bonds. The quantitative estimate of drug-likeness (QED) is 0.659. The zero-order valence-corrected chi connectivity index (χ0v) is 11.9. The van der Waals surface area contributed by atoms with Crippen LogP contribution in [0.3, 0.4) is 0 Å². The summed E-state index contributed by atoms with van der Waals surface area (Å²) in [4.78, 5) is 21.9. The number of methoxy groups -OCH3 is 2. The van der Waals surface area contributed by atoms with E-state index in [0.29, 0.717) is 0 Å². The van der Waals surface area contributed by atoms with Crippen molar-refractivity contribution in [1.29, 1.82) is 0 Å². The highest BCUT2D eigenvalue weighted by Crippen LogP contribution is 2.26. The van der Waals surface area contributed by atoms with E-state index >= 15 is 0 Å². The van der Waals surface area contributed by atoms with Crippen molar-refractivity contribution in [2.24, 2.45) is 0 Å². The molecule has 1 aliphatic rings. The fourth-order valence-electron chi connectivity index (χ4n) is 2.10. The van der Waals surface area contributed by atoms with Gasteiger partial charge in [-0.05, 0) is 0 Å². The summed E-state index contributed by atoms with van der Waals surface area (Å²) < 4.78 is 25.6. The molecule has 8 heteroatoms. The van der Waals surface area contributed by atoms with Crippen LogP contribution in [0.5, 0.6) is 0 Å². The molecule has 1 fully saturated rings. The van der Waals surface area contributed by atoms with E-state index in [9.17, 15) is 14.7 Å². The van der Waals surface area contributed by atoms with Gasteiger partial charge in [0.2, 0.25) is 0 Å². The number of rotatable bonds is 5. The van der Waals surface area contributed by atoms with Gasteiger partial charge in [0.15, 0.2) is 12.4 Å². The lowest BCUT2D eigenvalue weighted by Crippen LogP contribution is -2.61. The average Bonchev–Trinajstić information content (AvgIpc) is 2.37. The topological polar surface area (TPSA) is 101 Å². The van der Waals surface area contributed by atoms with Crippen LogP contribution >= 0.6 is 0 Å². The Kier molecular flexibility index (Phi) is 6.34. The Bertz CT molecular complexity index is 344. The second-order valence-electron chi connectivity index (χ2n) is 4.34. The van der Waals surface area contributed by atoms with Gasteiger partial charge >= 0.3 is 11.9 Å². The largest absolute Gasteiger partial charge is 0.463 e. The van der Waals surface area contributed by atoms with Gasteiger partial charge in [-0.15, -0.1) is 0 Å². The molecule has 20 heavy (non-hydrogen) atoms. The molecule has 5 atom stereocenters. The molecule has 0 aromatic heterocycles. The number of esters is 2. The highest BCUT2D eigenvalue weighted by molar-refractivity contribution is 5.66. The van der Waals surface area contributed by atoms with Gasteiger partial charge < -0.3 is 28.8 Å². The standard InChI is InChI=1S/C12H20O8/c1-6(13)18-5-8-9(16-3)10(17-4)11(12(15)20-8)19-7(2)14/h8-12,15H,5H2,1-4H3. The van der Waals surface area contributed by atoms with Crippen LogP contribution in [0.15, 0.2) is 0 Å². The van der Waals surface area contributed by atoms with Crippen LogP contribution < -0.4 is 0 Å². The highest BCUT2D eigenvalue weighted by atomic mass is 16.7. The maximum atomic E-state index is 11.1. The first-order valence-electron chi connectivity index (χ1n) is 6.10. The lowest BCUT2D eigenvalue weighted by molar-refractivity contribution is -0.298. The van der Waals surface area contributed by atoms with Gasteiger partial charge in [0.1, 0.15) is 24.9 Å². The van der Waals surface area contributed by atoms with Crippen molar-refractivity contribution in [1.82, 2.24) is 0 Å². The van der Waals surface area contributed by atoms with Crippen LogP contribution in [0.25, 0.3) is 0 Å². The lowest BCUT2D eigenvalue weighted by Gasteiger charge is -2.42. The molecule has 5 unspecified atom stereocenters. The van der Waals surface area contributed by atoms with E-state index in [4.69, 9.17) is 23.7 Å². The molecule has 1 saturated heterocycles. The summed E-state index contributed by atoms with van der Waals surface area (Å²) >= 11 is 0. The van der Waals surface area contributed by atoms with Crippen LogP contribution in [0, 0.1) is 0 Å². The SMILES string of the molecule is COC1C(COC(C)=O)OC(O)C(OC(C)=O)C1OC. The average molecular weight is 292 g/mol. The third kappa shape index (κ3) is 4.14. The summed E-state index contributed by atoms with van der Waals surface area (Å²) in [7, 11) is 2.82. The minimum Gasteiger partial charge on any atom is -0.463 e. The van der Waals surface area contributed by atoms with Gasteiger partial charge in [-0.3, -0.25) is 9.59 Å². The van der Waals surface area contributed by atoms with Gasteiger partial charge in [0, 0.05) is 28.1 Å². The number of hydrogen-bond acceptors (Lipinski definition) is 8. The van der Waals surface area contributed by atoms with Crippen molar-refractivity contribution >= 4 is 11.9 Å². The van der Waals surface area contributed by atoms with Crippen LogP contribution in [0.4, 0.5) is 0 Å². The van der Waals surface area contributed by atoms with Gasteiger partial charge in [-0.2, -0.15) is 0 Å². The molecular weight excluding hydrogens is 272 g/mol. The van der Waals surface area contributed by atoms with Crippen molar-refractivity contribution in [3.05, 3.63) is 0 Å². The zero-order valence-electron chi connectivity index (χ0n) is 11.9. The summed E-state index contributed by atoms with van der Waals surface area (Å²) in [5.41, 5.74) is 0. The molecule has 1 aliphatic heterocycles. The summed E-state index contributed by atoms with van der Waals surface area (Å²) in [5.74, 6) is -1.05. The van der Waals surface area contributed by atoms with Crippen LogP contribution in [-0.4, -0.2) is 68.6 Å². The van der Waals surface area contributed by atoms with Crippen molar-refractivity contribution in [3.63, 3.8) is 0 Å². The van der Waals surface area contributed by atoms with Crippen molar-refractivity contribution in [3.8, 4) is 0 Å². The summed E-state index contributed by atoms with van der Waals surface area (Å²) in [6.07, 6.45) is -4.54. The maximum absolute atomic E-state index is 11.1. The smallest absolute Gasteiger partial charge is 0.303 e. The van der Waals surface area contributed by atoms with Gasteiger partial charge in [0.05, 0.1) is 0 Å². The monoisotopic (exact) mass is 292 g/mol. The van der Waals surface area contributed by atoms with Crippen LogP contribution in [0.1, 0.15) is 13.8 Å². The Balaban J connectivity index is 2.83. The minimum absolute atomic E-state index is 0.0997. The Morgan fingerprint density at radius 2 is 1.65 bits per heavy atom. The molecule has 0 aliphatic carbocycles. The molecule has 116 valence electrons. The highest BCUT2D eigenvalue weighted by Gasteiger charge is 2.48. The lowest BCUT2D eigenvalue weighted by atomic mass is 9.98. The molecule has 0 aromatic rings. The Labute approximate surface area is 116 Å². The van der Waals surface area contributed by atoms with Gasteiger partial charge in [0.25, 0.3) is 0 Å². The van der Waals surface area contributed by atoms with Crippen LogP contribution in [0.2, 0.25) is 0 Å². The van der Waals surface area contributed by atoms with E-state index in [2.05, 4.69) is 0 Å².